The lowest BCUT2D eigenvalue weighted by Gasteiger charge is -2.36. The number of β-amino-alcohol motifs (C(OH)–C–C–N with tert-alkyl or cyclic N) is 1. The van der Waals surface area contributed by atoms with E-state index >= 15 is 4.39 Å². The van der Waals surface area contributed by atoms with E-state index in [1.54, 1.807) is 19.4 Å². The van der Waals surface area contributed by atoms with Crippen molar-refractivity contribution in [1.82, 2.24) is 20.2 Å². The van der Waals surface area contributed by atoms with Gasteiger partial charge in [0.1, 0.15) is 23.6 Å². The van der Waals surface area contributed by atoms with Gasteiger partial charge < -0.3 is 20.5 Å². The van der Waals surface area contributed by atoms with Gasteiger partial charge in [0.15, 0.2) is 0 Å². The maximum atomic E-state index is 15.0. The Morgan fingerprint density at radius 2 is 2.22 bits per heavy atom. The largest absolute Gasteiger partial charge is 0.497 e. The number of aliphatic hydroxyl groups excluding tert-OH is 1. The van der Waals surface area contributed by atoms with Crippen molar-refractivity contribution in [3.05, 3.63) is 53.6 Å². The van der Waals surface area contributed by atoms with E-state index in [4.69, 9.17) is 4.74 Å². The Bertz CT molecular complexity index is 1280. The highest BCUT2D eigenvalue weighted by atomic mass is 32.2. The van der Waals surface area contributed by atoms with Crippen LogP contribution < -0.4 is 15.4 Å². The van der Waals surface area contributed by atoms with E-state index in [-0.39, 0.29) is 37.0 Å². The predicted octanol–water partition coefficient (Wildman–Crippen LogP) is 3.06. The number of likely N-dealkylation sites (tertiary alicyclic amines) is 1. The van der Waals surface area contributed by atoms with Crippen LogP contribution in [0.3, 0.4) is 0 Å². The summed E-state index contributed by atoms with van der Waals surface area (Å²) in [5.41, 5.74) is 1.61. The summed E-state index contributed by atoms with van der Waals surface area (Å²) < 4.78 is 34.8. The average Bonchev–Trinajstić information content (AvgIpc) is 2.87. The van der Waals surface area contributed by atoms with Crippen LogP contribution >= 0.6 is 11.8 Å². The summed E-state index contributed by atoms with van der Waals surface area (Å²) in [6, 6.07) is 8.16. The molecule has 3 aromatic rings. The fraction of sp³-hybridized carbons (Fsp3) is 0.400. The number of anilines is 1. The Morgan fingerprint density at radius 1 is 1.36 bits per heavy atom. The third kappa shape index (κ3) is 5.29. The molecule has 11 heteroatoms. The number of benzene rings is 1. The number of nitrogens with one attached hydrogen (secondary N) is 2. The van der Waals surface area contributed by atoms with Gasteiger partial charge in [-0.1, -0.05) is 0 Å². The first-order chi connectivity index (χ1) is 17.4. The normalized spacial score (nSPS) is 21.2. The number of fused-ring (bicyclic) bond motifs is 2. The van der Waals surface area contributed by atoms with Gasteiger partial charge in [0, 0.05) is 37.3 Å². The summed E-state index contributed by atoms with van der Waals surface area (Å²) in [5.74, 6) is 0.584. The summed E-state index contributed by atoms with van der Waals surface area (Å²) >= 11 is 1.24. The molecule has 3 N–H and O–H groups in total. The maximum Gasteiger partial charge on any atom is 0.235 e. The van der Waals surface area contributed by atoms with E-state index in [1.807, 2.05) is 23.1 Å². The zero-order valence-electron chi connectivity index (χ0n) is 19.7. The molecule has 1 saturated heterocycles. The molecule has 8 nitrogen and oxygen atoms in total. The van der Waals surface area contributed by atoms with Crippen LogP contribution in [0.2, 0.25) is 0 Å². The van der Waals surface area contributed by atoms with Gasteiger partial charge in [0.2, 0.25) is 5.91 Å². The number of thioether (sulfide) groups is 1. The number of carbonyl (C=O) groups excluding carboxylic acids is 1. The van der Waals surface area contributed by atoms with E-state index in [1.165, 1.54) is 17.8 Å². The number of methoxy groups -OCH3 is 1. The van der Waals surface area contributed by atoms with Crippen LogP contribution in [0.25, 0.3) is 10.9 Å². The van der Waals surface area contributed by atoms with Crippen LogP contribution in [0.4, 0.5) is 14.6 Å². The monoisotopic (exact) mass is 515 g/mol. The molecule has 2 aliphatic heterocycles. The number of hydrogen-bond acceptors (Lipinski definition) is 8. The molecule has 1 aromatic carbocycles. The second-order valence-electron chi connectivity index (χ2n) is 8.95. The van der Waals surface area contributed by atoms with Crippen molar-refractivity contribution in [1.29, 1.82) is 0 Å². The number of pyridine rings is 2. The number of piperidine rings is 1. The number of hydrogen-bond donors (Lipinski definition) is 3. The van der Waals surface area contributed by atoms with E-state index in [0.29, 0.717) is 35.0 Å². The van der Waals surface area contributed by atoms with Crippen molar-refractivity contribution in [3.8, 4) is 5.75 Å². The van der Waals surface area contributed by atoms with Crippen molar-refractivity contribution in [2.75, 3.05) is 37.8 Å². The SMILES string of the molecule is COc1ccc2nccc([C@H](O)CN3CC[C@@H](NCc4nc5c(cc4F)SCC(=O)N5)[C@H](F)C3)c2c1. The van der Waals surface area contributed by atoms with Crippen LogP contribution in [0.1, 0.15) is 23.8 Å². The van der Waals surface area contributed by atoms with Gasteiger partial charge in [0.05, 0.1) is 35.1 Å². The van der Waals surface area contributed by atoms with E-state index in [9.17, 15) is 14.3 Å². The number of amides is 1. The van der Waals surface area contributed by atoms with Crippen molar-refractivity contribution in [2.45, 2.75) is 36.2 Å². The minimum Gasteiger partial charge on any atom is -0.497 e. The molecule has 3 atom stereocenters. The first-order valence-electron chi connectivity index (χ1n) is 11.7. The zero-order chi connectivity index (χ0) is 25.2. The Kier molecular flexibility index (Phi) is 7.33. The third-order valence-electron chi connectivity index (χ3n) is 6.56. The molecule has 2 aliphatic rings. The van der Waals surface area contributed by atoms with Crippen molar-refractivity contribution >= 4 is 34.4 Å². The van der Waals surface area contributed by atoms with Crippen LogP contribution in [0.5, 0.6) is 5.75 Å². The highest BCUT2D eigenvalue weighted by Crippen LogP contribution is 2.31. The lowest BCUT2D eigenvalue weighted by Crippen LogP contribution is -2.51. The first kappa shape index (κ1) is 24.8. The quantitative estimate of drug-likeness (QED) is 0.442. The zero-order valence-corrected chi connectivity index (χ0v) is 20.5. The Balaban J connectivity index is 1.19. The number of halogens is 2. The second kappa shape index (κ2) is 10.6. The van der Waals surface area contributed by atoms with Crippen molar-refractivity contribution < 1.29 is 23.4 Å². The molecule has 1 amide bonds. The van der Waals surface area contributed by atoms with E-state index in [0.717, 1.165) is 10.9 Å². The average molecular weight is 516 g/mol. The molecule has 190 valence electrons. The fourth-order valence-electron chi connectivity index (χ4n) is 4.64. The minimum atomic E-state index is -1.20. The van der Waals surface area contributed by atoms with Gasteiger partial charge >= 0.3 is 0 Å². The maximum absolute atomic E-state index is 15.0. The number of nitrogens with zero attached hydrogens (tertiary/aromatic N) is 3. The fourth-order valence-corrected chi connectivity index (χ4v) is 5.42. The number of alkyl halides is 1. The van der Waals surface area contributed by atoms with Gasteiger partial charge in [-0.2, -0.15) is 0 Å². The first-order valence-corrected chi connectivity index (χ1v) is 12.7. The molecule has 5 rings (SSSR count). The molecule has 0 aliphatic carbocycles. The molecule has 0 spiro atoms. The molecule has 0 saturated carbocycles. The summed E-state index contributed by atoms with van der Waals surface area (Å²) in [5, 5.41) is 17.5. The topological polar surface area (TPSA) is 99.6 Å². The number of carbonyl (C=O) groups is 1. The summed E-state index contributed by atoms with van der Waals surface area (Å²) in [4.78, 5) is 22.7. The molecular weight excluding hydrogens is 488 g/mol. The number of aliphatic hydroxyl groups is 1. The van der Waals surface area contributed by atoms with Crippen LogP contribution in [-0.4, -0.2) is 70.6 Å². The van der Waals surface area contributed by atoms with E-state index < -0.39 is 24.1 Å². The predicted molar refractivity (Wildman–Crippen MR) is 133 cm³/mol. The van der Waals surface area contributed by atoms with Gasteiger partial charge in [-0.3, -0.25) is 14.7 Å². The smallest absolute Gasteiger partial charge is 0.235 e. The van der Waals surface area contributed by atoms with Crippen LogP contribution in [0, 0.1) is 5.82 Å². The Labute approximate surface area is 211 Å². The van der Waals surface area contributed by atoms with Crippen molar-refractivity contribution in [3.63, 3.8) is 0 Å². The van der Waals surface area contributed by atoms with E-state index in [2.05, 4.69) is 20.6 Å². The molecule has 2 aromatic heterocycles. The van der Waals surface area contributed by atoms with Gasteiger partial charge in [-0.25, -0.2) is 13.8 Å². The Hall–Kier alpha value is -2.86. The lowest BCUT2D eigenvalue weighted by atomic mass is 10.00. The second-order valence-corrected chi connectivity index (χ2v) is 9.97. The van der Waals surface area contributed by atoms with Gasteiger partial charge in [0.25, 0.3) is 0 Å². The number of ether oxygens (including phenoxy) is 1. The molecule has 4 heterocycles. The molecular formula is C25H27F2N5O3S. The van der Waals surface area contributed by atoms with Crippen molar-refractivity contribution in [2.24, 2.45) is 0 Å². The molecule has 36 heavy (non-hydrogen) atoms. The van der Waals surface area contributed by atoms with Crippen LogP contribution in [0.15, 0.2) is 41.4 Å². The highest BCUT2D eigenvalue weighted by molar-refractivity contribution is 8.00. The van der Waals surface area contributed by atoms with Crippen LogP contribution in [-0.2, 0) is 11.3 Å². The number of aromatic nitrogens is 2. The molecule has 0 bridgehead atoms. The van der Waals surface area contributed by atoms with Gasteiger partial charge in [-0.15, -0.1) is 11.8 Å². The molecule has 1 fully saturated rings. The van der Waals surface area contributed by atoms with Gasteiger partial charge in [-0.05, 0) is 48.9 Å². The summed E-state index contributed by atoms with van der Waals surface area (Å²) in [6.07, 6.45) is 0.134. The summed E-state index contributed by atoms with van der Waals surface area (Å²) in [6.45, 7) is 1.06. The highest BCUT2D eigenvalue weighted by Gasteiger charge is 2.31. The standard InChI is InChI=1S/C25H27F2N5O3S/c1-35-14-2-3-19-16(8-14)15(4-6-28-19)22(33)12-32-7-5-20(18(27)11-32)29-10-21-17(26)9-23-25(30-21)31-24(34)13-36-23/h2-4,6,8-9,18,20,22,29,33H,5,7,10-13H2,1H3,(H,30,31,34)/t18-,20-,22-/m1/s1. The third-order valence-corrected chi connectivity index (χ3v) is 7.59. The lowest BCUT2D eigenvalue weighted by molar-refractivity contribution is -0.113. The molecule has 0 unspecified atom stereocenters. The minimum absolute atomic E-state index is 0.0538. The molecule has 0 radical (unpaired) electrons. The summed E-state index contributed by atoms with van der Waals surface area (Å²) in [7, 11) is 1.58. The Morgan fingerprint density at radius 3 is 3.03 bits per heavy atom. The number of rotatable bonds is 7.